The van der Waals surface area contributed by atoms with E-state index in [1.165, 1.54) is 11.1 Å². The first-order chi connectivity index (χ1) is 15.1. The second-order valence-corrected chi connectivity index (χ2v) is 10.1. The molecule has 0 aliphatic heterocycles. The summed E-state index contributed by atoms with van der Waals surface area (Å²) in [4.78, 5) is 14.8. The van der Waals surface area contributed by atoms with Crippen molar-refractivity contribution in [1.29, 1.82) is 0 Å². The largest absolute Gasteiger partial charge is 0.497 e. The normalized spacial score (nSPS) is 20.4. The van der Waals surface area contributed by atoms with Crippen LogP contribution in [0.25, 0.3) is 6.08 Å². The Morgan fingerprint density at radius 3 is 2.47 bits per heavy atom. The molecular weight excluding hydrogens is 398 g/mol. The van der Waals surface area contributed by atoms with E-state index in [2.05, 4.69) is 55.4 Å². The lowest BCUT2D eigenvalue weighted by molar-refractivity contribution is 0.00695. The molecule has 172 valence electrons. The van der Waals surface area contributed by atoms with Crippen LogP contribution in [0.1, 0.15) is 67.4 Å². The summed E-state index contributed by atoms with van der Waals surface area (Å²) < 4.78 is 10.9. The Balaban J connectivity index is 1.82. The summed E-state index contributed by atoms with van der Waals surface area (Å²) in [6.07, 6.45) is 5.53. The quantitative estimate of drug-likeness (QED) is 0.508. The third kappa shape index (κ3) is 6.70. The molecule has 4 nitrogen and oxygen atoms in total. The van der Waals surface area contributed by atoms with Crippen molar-refractivity contribution in [1.82, 2.24) is 4.90 Å². The van der Waals surface area contributed by atoms with Crippen LogP contribution in [0.3, 0.4) is 0 Å². The first-order valence-corrected chi connectivity index (χ1v) is 11.5. The van der Waals surface area contributed by atoms with E-state index in [-0.39, 0.29) is 5.97 Å². The van der Waals surface area contributed by atoms with Gasteiger partial charge in [0.05, 0.1) is 12.7 Å². The Hall–Kier alpha value is -2.59. The van der Waals surface area contributed by atoms with Gasteiger partial charge in [-0.2, -0.15) is 0 Å². The first-order valence-electron chi connectivity index (χ1n) is 11.5. The fourth-order valence-electron chi connectivity index (χ4n) is 4.51. The highest BCUT2D eigenvalue weighted by atomic mass is 16.6. The van der Waals surface area contributed by atoms with Crippen LogP contribution in [-0.2, 0) is 4.74 Å². The van der Waals surface area contributed by atoms with Gasteiger partial charge >= 0.3 is 5.97 Å². The number of rotatable bonds is 6. The summed E-state index contributed by atoms with van der Waals surface area (Å²) in [5, 5.41) is 0. The summed E-state index contributed by atoms with van der Waals surface area (Å²) in [5.74, 6) is 1.70. The van der Waals surface area contributed by atoms with Crippen LogP contribution in [0.15, 0.2) is 54.1 Å². The third-order valence-electron chi connectivity index (χ3n) is 5.92. The van der Waals surface area contributed by atoms with E-state index in [9.17, 15) is 4.79 Å². The van der Waals surface area contributed by atoms with Crippen molar-refractivity contribution >= 4 is 12.0 Å². The summed E-state index contributed by atoms with van der Waals surface area (Å²) in [6, 6.07) is 16.3. The number of hydrogen-bond acceptors (Lipinski definition) is 4. The molecule has 2 aromatic carbocycles. The number of carbonyl (C=O) groups is 1. The van der Waals surface area contributed by atoms with Crippen molar-refractivity contribution in [3.8, 4) is 5.75 Å². The van der Waals surface area contributed by atoms with Crippen molar-refractivity contribution in [3.63, 3.8) is 0 Å². The van der Waals surface area contributed by atoms with Gasteiger partial charge in [0.15, 0.2) is 0 Å². The second-order valence-electron chi connectivity index (χ2n) is 10.1. The van der Waals surface area contributed by atoms with E-state index in [4.69, 9.17) is 9.47 Å². The highest BCUT2D eigenvalue weighted by molar-refractivity contribution is 5.90. The second kappa shape index (κ2) is 10.4. The van der Waals surface area contributed by atoms with Crippen molar-refractivity contribution in [2.75, 3.05) is 27.7 Å². The van der Waals surface area contributed by atoms with E-state index in [0.29, 0.717) is 17.4 Å². The highest BCUT2D eigenvalue weighted by Gasteiger charge is 2.29. The third-order valence-corrected chi connectivity index (χ3v) is 5.92. The van der Waals surface area contributed by atoms with Crippen LogP contribution >= 0.6 is 0 Å². The Morgan fingerprint density at radius 1 is 1.12 bits per heavy atom. The number of hydrogen-bond donors (Lipinski definition) is 0. The number of methoxy groups -OCH3 is 1. The predicted octanol–water partition coefficient (Wildman–Crippen LogP) is 6.18. The molecule has 32 heavy (non-hydrogen) atoms. The lowest BCUT2D eigenvalue weighted by Crippen LogP contribution is -2.29. The predicted molar refractivity (Wildman–Crippen MR) is 131 cm³/mol. The molecule has 0 heterocycles. The minimum atomic E-state index is -0.498. The van der Waals surface area contributed by atoms with Crippen molar-refractivity contribution in [2.45, 2.75) is 51.6 Å². The molecule has 0 radical (unpaired) electrons. The smallest absolute Gasteiger partial charge is 0.338 e. The van der Waals surface area contributed by atoms with E-state index in [1.807, 2.05) is 39.0 Å². The van der Waals surface area contributed by atoms with Crippen LogP contribution in [0, 0.1) is 5.92 Å². The van der Waals surface area contributed by atoms with Crippen LogP contribution in [-0.4, -0.2) is 44.2 Å². The minimum Gasteiger partial charge on any atom is -0.497 e. The molecule has 0 N–H and O–H groups in total. The summed E-state index contributed by atoms with van der Waals surface area (Å²) in [6.45, 7) is 6.75. The molecule has 1 aliphatic rings. The molecule has 2 unspecified atom stereocenters. The standard InChI is InChI=1S/C28H37NO3/c1-28(2,3)32-27(30)23-9-7-8-20(17-23)16-21-10-11-24(19-29(4)5)26(18-21)22-12-14-25(31-6)15-13-22/h7-9,12-17,24,26H,10-11,18-19H2,1-6H3/b21-16+. The summed E-state index contributed by atoms with van der Waals surface area (Å²) >= 11 is 0. The molecule has 0 amide bonds. The number of ether oxygens (including phenoxy) is 2. The topological polar surface area (TPSA) is 38.8 Å². The molecule has 1 fully saturated rings. The molecule has 2 aromatic rings. The molecule has 1 aliphatic carbocycles. The first kappa shape index (κ1) is 24.1. The maximum absolute atomic E-state index is 12.5. The fourth-order valence-corrected chi connectivity index (χ4v) is 4.51. The van der Waals surface area contributed by atoms with E-state index in [0.717, 1.165) is 37.1 Å². The maximum atomic E-state index is 12.5. The van der Waals surface area contributed by atoms with E-state index in [1.54, 1.807) is 7.11 Å². The molecule has 2 atom stereocenters. The number of allylic oxidation sites excluding steroid dienone is 1. The maximum Gasteiger partial charge on any atom is 0.338 e. The lowest BCUT2D eigenvalue weighted by atomic mass is 9.73. The average Bonchev–Trinajstić information content (AvgIpc) is 2.73. The molecule has 0 bridgehead atoms. The average molecular weight is 436 g/mol. The van der Waals surface area contributed by atoms with Gasteiger partial charge in [-0.05, 0) is 101 Å². The Bertz CT molecular complexity index is 938. The number of carbonyl (C=O) groups excluding carboxylic acids is 1. The zero-order chi connectivity index (χ0) is 23.3. The monoisotopic (exact) mass is 435 g/mol. The number of esters is 1. The molecule has 3 rings (SSSR count). The SMILES string of the molecule is COc1ccc(C2C/C(=C/c3cccc(C(=O)OC(C)(C)C)c3)CCC2CN(C)C)cc1. The van der Waals surface area contributed by atoms with E-state index < -0.39 is 5.60 Å². The molecular formula is C28H37NO3. The van der Waals surface area contributed by atoms with Gasteiger partial charge in [0.25, 0.3) is 0 Å². The number of benzene rings is 2. The van der Waals surface area contributed by atoms with Crippen LogP contribution in [0.2, 0.25) is 0 Å². The summed E-state index contributed by atoms with van der Waals surface area (Å²) in [7, 11) is 6.01. The van der Waals surface area contributed by atoms with Gasteiger partial charge in [0.1, 0.15) is 11.4 Å². The van der Waals surface area contributed by atoms with Crippen LogP contribution in [0.5, 0.6) is 5.75 Å². The highest BCUT2D eigenvalue weighted by Crippen LogP contribution is 2.41. The molecule has 0 saturated heterocycles. The van der Waals surface area contributed by atoms with Crippen molar-refractivity contribution in [2.24, 2.45) is 5.92 Å². The van der Waals surface area contributed by atoms with Gasteiger partial charge in [0.2, 0.25) is 0 Å². The zero-order valence-electron chi connectivity index (χ0n) is 20.4. The van der Waals surface area contributed by atoms with Gasteiger partial charge in [-0.3, -0.25) is 0 Å². The minimum absolute atomic E-state index is 0.274. The Morgan fingerprint density at radius 2 is 1.84 bits per heavy atom. The Labute approximate surface area is 193 Å². The van der Waals surface area contributed by atoms with E-state index >= 15 is 0 Å². The van der Waals surface area contributed by atoms with Crippen LogP contribution < -0.4 is 4.74 Å². The van der Waals surface area contributed by atoms with Gasteiger partial charge in [-0.25, -0.2) is 4.79 Å². The van der Waals surface area contributed by atoms with Crippen molar-refractivity contribution < 1.29 is 14.3 Å². The molecule has 4 heteroatoms. The van der Waals surface area contributed by atoms with Gasteiger partial charge < -0.3 is 14.4 Å². The zero-order valence-corrected chi connectivity index (χ0v) is 20.4. The van der Waals surface area contributed by atoms with Gasteiger partial charge in [-0.1, -0.05) is 35.9 Å². The fraction of sp³-hybridized carbons (Fsp3) is 0.464. The molecule has 0 spiro atoms. The van der Waals surface area contributed by atoms with Crippen LogP contribution in [0.4, 0.5) is 0 Å². The number of nitrogens with zero attached hydrogens (tertiary/aromatic N) is 1. The molecule has 1 saturated carbocycles. The lowest BCUT2D eigenvalue weighted by Gasteiger charge is -2.35. The van der Waals surface area contributed by atoms with Gasteiger partial charge in [0, 0.05) is 6.54 Å². The Kier molecular flexibility index (Phi) is 7.78. The molecule has 0 aromatic heterocycles. The van der Waals surface area contributed by atoms with Gasteiger partial charge in [-0.15, -0.1) is 0 Å². The summed E-state index contributed by atoms with van der Waals surface area (Å²) in [5.41, 5.74) is 3.96. The van der Waals surface area contributed by atoms with Crippen molar-refractivity contribution in [3.05, 3.63) is 70.8 Å².